The van der Waals surface area contributed by atoms with Crippen molar-refractivity contribution in [2.75, 3.05) is 13.2 Å². The number of halogens is 3. The number of hydrogen-bond acceptors (Lipinski definition) is 3. The van der Waals surface area contributed by atoms with E-state index in [0.29, 0.717) is 18.0 Å². The lowest BCUT2D eigenvalue weighted by Crippen LogP contribution is -2.17. The third-order valence-electron chi connectivity index (χ3n) is 2.92. The fourth-order valence-electron chi connectivity index (χ4n) is 1.79. The lowest BCUT2D eigenvalue weighted by Gasteiger charge is -2.12. The molecular formula is C14H20BrF2NO2. The first-order valence-corrected chi connectivity index (χ1v) is 7.37. The second-order valence-corrected chi connectivity index (χ2v) is 5.65. The molecule has 1 unspecified atom stereocenters. The normalized spacial score (nSPS) is 12.7. The maximum absolute atomic E-state index is 12.3. The maximum atomic E-state index is 12.3. The second-order valence-electron chi connectivity index (χ2n) is 4.74. The molecule has 0 radical (unpaired) electrons. The van der Waals surface area contributed by atoms with Crippen LogP contribution in [0.1, 0.15) is 25.3 Å². The Balaban J connectivity index is 2.43. The Morgan fingerprint density at radius 3 is 2.80 bits per heavy atom. The van der Waals surface area contributed by atoms with E-state index in [9.17, 15) is 8.78 Å². The van der Waals surface area contributed by atoms with Crippen molar-refractivity contribution < 1.29 is 18.6 Å². The molecule has 0 saturated heterocycles. The molecule has 6 heteroatoms. The third kappa shape index (κ3) is 6.63. The zero-order chi connectivity index (χ0) is 15.0. The van der Waals surface area contributed by atoms with Crippen molar-refractivity contribution in [3.8, 4) is 5.75 Å². The van der Waals surface area contributed by atoms with Gasteiger partial charge in [0.05, 0.1) is 0 Å². The van der Waals surface area contributed by atoms with Gasteiger partial charge in [-0.05, 0) is 43.5 Å². The van der Waals surface area contributed by atoms with Crippen LogP contribution in [0.3, 0.4) is 0 Å². The van der Waals surface area contributed by atoms with Crippen molar-refractivity contribution in [1.82, 2.24) is 5.32 Å². The summed E-state index contributed by atoms with van der Waals surface area (Å²) >= 11 is 3.31. The lowest BCUT2D eigenvalue weighted by molar-refractivity contribution is -0.0505. The van der Waals surface area contributed by atoms with Crippen LogP contribution in [0.15, 0.2) is 22.7 Å². The topological polar surface area (TPSA) is 41.5 Å². The molecule has 3 nitrogen and oxygen atoms in total. The van der Waals surface area contributed by atoms with E-state index in [4.69, 9.17) is 5.11 Å². The first kappa shape index (κ1) is 17.3. The number of ether oxygens (including phenoxy) is 1. The molecular weight excluding hydrogens is 332 g/mol. The largest absolute Gasteiger partial charge is 0.434 e. The Bertz CT molecular complexity index is 405. The molecule has 0 aliphatic rings. The standard InChI is InChI=1S/C14H20BrF2NO2/c1-10(9-19)3-2-6-18-8-11-7-12(15)4-5-13(11)20-14(16)17/h4-5,7,10,14,18-19H,2-3,6,8-9H2,1H3. The van der Waals surface area contributed by atoms with Crippen LogP contribution in [-0.4, -0.2) is 24.9 Å². The van der Waals surface area contributed by atoms with Crippen molar-refractivity contribution in [2.45, 2.75) is 32.9 Å². The molecule has 1 aromatic rings. The minimum absolute atomic E-state index is 0.192. The third-order valence-corrected chi connectivity index (χ3v) is 3.41. The predicted molar refractivity (Wildman–Crippen MR) is 78.0 cm³/mol. The SMILES string of the molecule is CC(CO)CCCNCc1cc(Br)ccc1OC(F)F. The van der Waals surface area contributed by atoms with Gasteiger partial charge < -0.3 is 15.2 Å². The minimum Gasteiger partial charge on any atom is -0.434 e. The summed E-state index contributed by atoms with van der Waals surface area (Å²) in [6.07, 6.45) is 1.86. The Morgan fingerprint density at radius 2 is 2.15 bits per heavy atom. The predicted octanol–water partition coefficient (Wildman–Crippen LogP) is 3.55. The van der Waals surface area contributed by atoms with E-state index in [0.717, 1.165) is 23.9 Å². The Morgan fingerprint density at radius 1 is 1.40 bits per heavy atom. The van der Waals surface area contributed by atoms with E-state index in [1.807, 2.05) is 6.92 Å². The highest BCUT2D eigenvalue weighted by atomic mass is 79.9. The van der Waals surface area contributed by atoms with E-state index < -0.39 is 6.61 Å². The molecule has 20 heavy (non-hydrogen) atoms. The molecule has 114 valence electrons. The minimum atomic E-state index is -2.82. The number of rotatable bonds is 9. The van der Waals surface area contributed by atoms with E-state index >= 15 is 0 Å². The quantitative estimate of drug-likeness (QED) is 0.668. The summed E-state index contributed by atoms with van der Waals surface area (Å²) in [7, 11) is 0. The van der Waals surface area contributed by atoms with Gasteiger partial charge in [0.1, 0.15) is 5.75 Å². The van der Waals surface area contributed by atoms with Crippen molar-refractivity contribution >= 4 is 15.9 Å². The summed E-state index contributed by atoms with van der Waals surface area (Å²) in [6, 6.07) is 4.96. The van der Waals surface area contributed by atoms with Gasteiger partial charge in [-0.15, -0.1) is 0 Å². The molecule has 1 aromatic carbocycles. The van der Waals surface area contributed by atoms with Gasteiger partial charge in [0, 0.05) is 23.2 Å². The highest BCUT2D eigenvalue weighted by molar-refractivity contribution is 9.10. The van der Waals surface area contributed by atoms with Crippen LogP contribution >= 0.6 is 15.9 Å². The number of hydrogen-bond donors (Lipinski definition) is 2. The molecule has 0 fully saturated rings. The Labute approximate surface area is 126 Å². The van der Waals surface area contributed by atoms with Crippen LogP contribution in [0.2, 0.25) is 0 Å². The summed E-state index contributed by atoms with van der Waals surface area (Å²) in [5, 5.41) is 12.1. The van der Waals surface area contributed by atoms with Crippen LogP contribution in [0.5, 0.6) is 5.75 Å². The molecule has 0 amide bonds. The highest BCUT2D eigenvalue weighted by Gasteiger charge is 2.10. The zero-order valence-corrected chi connectivity index (χ0v) is 13.0. The van der Waals surface area contributed by atoms with Crippen LogP contribution in [0.25, 0.3) is 0 Å². The molecule has 0 heterocycles. The summed E-state index contributed by atoms with van der Waals surface area (Å²) in [6.45, 7) is 0.598. The van der Waals surface area contributed by atoms with Gasteiger partial charge in [-0.25, -0.2) is 0 Å². The van der Waals surface area contributed by atoms with Gasteiger partial charge in [-0.3, -0.25) is 0 Å². The van der Waals surface area contributed by atoms with Gasteiger partial charge in [-0.2, -0.15) is 8.78 Å². The van der Waals surface area contributed by atoms with Gasteiger partial charge in [0.15, 0.2) is 0 Å². The number of nitrogens with one attached hydrogen (secondary N) is 1. The zero-order valence-electron chi connectivity index (χ0n) is 11.4. The molecule has 1 atom stereocenters. The molecule has 0 aliphatic carbocycles. The number of aliphatic hydroxyl groups excluding tert-OH is 1. The summed E-state index contributed by atoms with van der Waals surface area (Å²) in [5.41, 5.74) is 0.690. The Kier molecular flexibility index (Phi) is 8.02. The second kappa shape index (κ2) is 9.26. The lowest BCUT2D eigenvalue weighted by atomic mass is 10.1. The number of benzene rings is 1. The van der Waals surface area contributed by atoms with Crippen LogP contribution < -0.4 is 10.1 Å². The van der Waals surface area contributed by atoms with Crippen molar-refractivity contribution in [2.24, 2.45) is 5.92 Å². The average molecular weight is 352 g/mol. The highest BCUT2D eigenvalue weighted by Crippen LogP contribution is 2.24. The molecule has 2 N–H and O–H groups in total. The number of aliphatic hydroxyl groups is 1. The molecule has 0 aromatic heterocycles. The fourth-order valence-corrected chi connectivity index (χ4v) is 2.20. The summed E-state index contributed by atoms with van der Waals surface area (Å²) in [5.74, 6) is 0.486. The first-order chi connectivity index (χ1) is 9.52. The first-order valence-electron chi connectivity index (χ1n) is 6.57. The molecule has 0 aliphatic heterocycles. The van der Waals surface area contributed by atoms with E-state index in [-0.39, 0.29) is 12.4 Å². The monoisotopic (exact) mass is 351 g/mol. The summed E-state index contributed by atoms with van der Waals surface area (Å²) in [4.78, 5) is 0. The average Bonchev–Trinajstić information content (AvgIpc) is 2.40. The van der Waals surface area contributed by atoms with Gasteiger partial charge >= 0.3 is 6.61 Å². The van der Waals surface area contributed by atoms with Crippen molar-refractivity contribution in [3.05, 3.63) is 28.2 Å². The van der Waals surface area contributed by atoms with Crippen LogP contribution in [0, 0.1) is 5.92 Å². The smallest absolute Gasteiger partial charge is 0.387 e. The van der Waals surface area contributed by atoms with E-state index in [1.54, 1.807) is 12.1 Å². The number of alkyl halides is 2. The molecule has 0 bridgehead atoms. The van der Waals surface area contributed by atoms with Gasteiger partial charge in [-0.1, -0.05) is 22.9 Å². The van der Waals surface area contributed by atoms with Crippen LogP contribution in [0.4, 0.5) is 8.78 Å². The van der Waals surface area contributed by atoms with Crippen molar-refractivity contribution in [1.29, 1.82) is 0 Å². The Hall–Kier alpha value is -0.720. The van der Waals surface area contributed by atoms with Gasteiger partial charge in [0.2, 0.25) is 0 Å². The van der Waals surface area contributed by atoms with E-state index in [2.05, 4.69) is 26.0 Å². The fraction of sp³-hybridized carbons (Fsp3) is 0.571. The molecule has 0 saturated carbocycles. The maximum Gasteiger partial charge on any atom is 0.387 e. The molecule has 1 rings (SSSR count). The van der Waals surface area contributed by atoms with E-state index in [1.165, 1.54) is 6.07 Å². The van der Waals surface area contributed by atoms with Gasteiger partial charge in [0.25, 0.3) is 0 Å². The van der Waals surface area contributed by atoms with Crippen molar-refractivity contribution in [3.63, 3.8) is 0 Å². The van der Waals surface area contributed by atoms with Crippen LogP contribution in [-0.2, 0) is 6.54 Å². The summed E-state index contributed by atoms with van der Waals surface area (Å²) < 4.78 is 29.9. The molecule has 0 spiro atoms.